The fourth-order valence-electron chi connectivity index (χ4n) is 4.29. The van der Waals surface area contributed by atoms with E-state index in [0.29, 0.717) is 32.1 Å². The largest absolute Gasteiger partial charge is 0.469 e. The lowest BCUT2D eigenvalue weighted by Gasteiger charge is -2.18. The van der Waals surface area contributed by atoms with E-state index in [-0.39, 0.29) is 19.4 Å². The SMILES string of the molecule is CC/C=C\C[C@H](O)/C=C/C=C\C/C=C\C=C\[C@H](O)/C=C\CCCC(=O)O[C@H](COC(=O)CCCCCCCCCCC)COP(=O)(O)O. The molecule has 0 saturated heterocycles. The Hall–Kier alpha value is -2.59. The van der Waals surface area contributed by atoms with Crippen LogP contribution >= 0.6 is 7.82 Å². The summed E-state index contributed by atoms with van der Waals surface area (Å²) in [6.45, 7) is 3.27. The van der Waals surface area contributed by atoms with Crippen molar-refractivity contribution in [1.29, 1.82) is 0 Å². The van der Waals surface area contributed by atoms with Crippen molar-refractivity contribution in [1.82, 2.24) is 0 Å². The van der Waals surface area contributed by atoms with Crippen LogP contribution in [0.3, 0.4) is 0 Å². The summed E-state index contributed by atoms with van der Waals surface area (Å²) in [4.78, 5) is 42.5. The highest BCUT2D eigenvalue weighted by molar-refractivity contribution is 7.46. The zero-order valence-corrected chi connectivity index (χ0v) is 30.0. The number of aliphatic hydroxyl groups is 2. The highest BCUT2D eigenvalue weighted by Gasteiger charge is 2.22. The van der Waals surface area contributed by atoms with Crippen LogP contribution in [0.2, 0.25) is 0 Å². The van der Waals surface area contributed by atoms with Crippen LogP contribution in [0.1, 0.15) is 117 Å². The minimum Gasteiger partial charge on any atom is -0.462 e. The molecule has 0 rings (SSSR count). The van der Waals surface area contributed by atoms with Crippen molar-refractivity contribution in [3.8, 4) is 0 Å². The van der Waals surface area contributed by atoms with Crippen molar-refractivity contribution in [3.05, 3.63) is 72.9 Å². The fourth-order valence-corrected chi connectivity index (χ4v) is 4.65. The molecule has 0 spiro atoms. The van der Waals surface area contributed by atoms with E-state index < -0.39 is 44.7 Å². The number of carbonyl (C=O) groups excluding carboxylic acids is 2. The summed E-state index contributed by atoms with van der Waals surface area (Å²) in [6, 6.07) is 0. The van der Waals surface area contributed by atoms with Gasteiger partial charge in [-0.1, -0.05) is 138 Å². The second-order valence-electron chi connectivity index (χ2n) is 11.5. The maximum absolute atomic E-state index is 12.3. The molecule has 0 aromatic carbocycles. The van der Waals surface area contributed by atoms with Crippen molar-refractivity contribution < 1.29 is 48.2 Å². The highest BCUT2D eigenvalue weighted by Crippen LogP contribution is 2.35. The summed E-state index contributed by atoms with van der Waals surface area (Å²) in [7, 11) is -4.80. The third kappa shape index (κ3) is 33.3. The molecular formula is C37H61O10P. The van der Waals surface area contributed by atoms with Gasteiger partial charge in [0.2, 0.25) is 0 Å². The number of phosphoric ester groups is 1. The van der Waals surface area contributed by atoms with Crippen LogP contribution < -0.4 is 0 Å². The molecule has 0 bridgehead atoms. The monoisotopic (exact) mass is 696 g/mol. The molecule has 0 radical (unpaired) electrons. The number of esters is 2. The molecule has 0 fully saturated rings. The molecule has 10 nitrogen and oxygen atoms in total. The van der Waals surface area contributed by atoms with Gasteiger partial charge in [0.25, 0.3) is 0 Å². The quantitative estimate of drug-likeness (QED) is 0.0191. The molecule has 48 heavy (non-hydrogen) atoms. The molecule has 0 unspecified atom stereocenters. The topological polar surface area (TPSA) is 160 Å². The average Bonchev–Trinajstić information content (AvgIpc) is 3.04. The summed E-state index contributed by atoms with van der Waals surface area (Å²) >= 11 is 0. The minimum absolute atomic E-state index is 0.0232. The maximum Gasteiger partial charge on any atom is 0.469 e. The van der Waals surface area contributed by atoms with E-state index in [9.17, 15) is 24.4 Å². The Morgan fingerprint density at radius 3 is 1.96 bits per heavy atom. The van der Waals surface area contributed by atoms with Gasteiger partial charge in [-0.2, -0.15) is 0 Å². The van der Waals surface area contributed by atoms with E-state index in [0.717, 1.165) is 25.7 Å². The van der Waals surface area contributed by atoms with Gasteiger partial charge in [0.15, 0.2) is 6.10 Å². The van der Waals surface area contributed by atoms with Gasteiger partial charge in [0.1, 0.15) is 6.61 Å². The fraction of sp³-hybridized carbons (Fsp3) is 0.622. The third-order valence-corrected chi connectivity index (χ3v) is 7.40. The zero-order chi connectivity index (χ0) is 35.7. The van der Waals surface area contributed by atoms with Crippen LogP contribution in [-0.2, 0) is 28.2 Å². The standard InChI is InChI=1S/C37H61O10P/c1-3-5-7-8-9-10-14-17-23-29-36(40)45-31-35(32-46-48(42,43)44)47-37(41)30-24-18-22-28-34(39)27-21-16-13-11-12-15-20-26-33(38)25-19-6-4-2/h6,12-13,15-16,19-22,26-28,33-35,38-39H,3-5,7-11,14,17-18,23-25,29-32H2,1-2H3,(H2,42,43,44)/b15-12-,16-13-,19-6-,26-20+,27-21+,28-22-/t33-,34-,35+/m0/s1. The molecule has 3 atom stereocenters. The number of allylic oxidation sites excluding steroid dienone is 8. The molecule has 0 aromatic heterocycles. The van der Waals surface area contributed by atoms with Crippen LogP contribution in [0.25, 0.3) is 0 Å². The molecule has 0 aliphatic heterocycles. The first-order chi connectivity index (χ1) is 23.1. The van der Waals surface area contributed by atoms with Gasteiger partial charge in [0, 0.05) is 12.8 Å². The number of rotatable bonds is 30. The van der Waals surface area contributed by atoms with E-state index in [2.05, 4.69) is 11.4 Å². The van der Waals surface area contributed by atoms with Gasteiger partial charge < -0.3 is 29.5 Å². The molecule has 0 aromatic rings. The molecule has 0 aliphatic carbocycles. The average molecular weight is 697 g/mol. The van der Waals surface area contributed by atoms with Crippen molar-refractivity contribution >= 4 is 19.8 Å². The number of hydrogen-bond donors (Lipinski definition) is 4. The zero-order valence-electron chi connectivity index (χ0n) is 29.1. The lowest BCUT2D eigenvalue weighted by Crippen LogP contribution is -2.29. The van der Waals surface area contributed by atoms with Crippen molar-refractivity contribution in [2.75, 3.05) is 13.2 Å². The van der Waals surface area contributed by atoms with Crippen molar-refractivity contribution in [2.24, 2.45) is 0 Å². The van der Waals surface area contributed by atoms with Crippen LogP contribution in [0.15, 0.2) is 72.9 Å². The lowest BCUT2D eigenvalue weighted by atomic mass is 10.1. The highest BCUT2D eigenvalue weighted by atomic mass is 31.2. The Labute approximate surface area is 288 Å². The Balaban J connectivity index is 4.32. The van der Waals surface area contributed by atoms with Gasteiger partial charge in [-0.3, -0.25) is 14.1 Å². The maximum atomic E-state index is 12.3. The molecule has 274 valence electrons. The van der Waals surface area contributed by atoms with E-state index in [1.165, 1.54) is 32.1 Å². The van der Waals surface area contributed by atoms with E-state index in [1.54, 1.807) is 30.4 Å². The van der Waals surface area contributed by atoms with E-state index >= 15 is 0 Å². The number of unbranched alkanes of at least 4 members (excludes halogenated alkanes) is 9. The summed E-state index contributed by atoms with van der Waals surface area (Å²) < 4.78 is 26.1. The molecular weight excluding hydrogens is 635 g/mol. The molecule has 0 heterocycles. The van der Waals surface area contributed by atoms with E-state index in [4.69, 9.17) is 19.3 Å². The van der Waals surface area contributed by atoms with Gasteiger partial charge in [-0.05, 0) is 38.5 Å². The van der Waals surface area contributed by atoms with Gasteiger partial charge in [0.05, 0.1) is 18.8 Å². The summed E-state index contributed by atoms with van der Waals surface area (Å²) in [6.07, 6.45) is 32.8. The molecule has 0 saturated carbocycles. The summed E-state index contributed by atoms with van der Waals surface area (Å²) in [5.41, 5.74) is 0. The predicted octanol–water partition coefficient (Wildman–Crippen LogP) is 7.89. The van der Waals surface area contributed by atoms with Crippen LogP contribution in [0.4, 0.5) is 0 Å². The second kappa shape index (κ2) is 31.7. The predicted molar refractivity (Wildman–Crippen MR) is 191 cm³/mol. The Morgan fingerprint density at radius 1 is 0.688 bits per heavy atom. The normalized spacial score (nSPS) is 14.7. The smallest absolute Gasteiger partial charge is 0.462 e. The van der Waals surface area contributed by atoms with Gasteiger partial charge in [-0.25, -0.2) is 4.57 Å². The Morgan fingerprint density at radius 2 is 1.31 bits per heavy atom. The van der Waals surface area contributed by atoms with Crippen molar-refractivity contribution in [3.63, 3.8) is 0 Å². The summed E-state index contributed by atoms with van der Waals surface area (Å²) in [5.74, 6) is -1.08. The first-order valence-electron chi connectivity index (χ1n) is 17.5. The molecule has 4 N–H and O–H groups in total. The van der Waals surface area contributed by atoms with Crippen LogP contribution in [0.5, 0.6) is 0 Å². The minimum atomic E-state index is -4.80. The number of aliphatic hydroxyl groups excluding tert-OH is 2. The first kappa shape index (κ1) is 45.4. The molecule has 0 aliphatic rings. The number of hydrogen-bond acceptors (Lipinski definition) is 8. The van der Waals surface area contributed by atoms with Crippen molar-refractivity contribution in [2.45, 2.75) is 135 Å². The van der Waals surface area contributed by atoms with Gasteiger partial charge >= 0.3 is 19.8 Å². The summed E-state index contributed by atoms with van der Waals surface area (Å²) in [5, 5.41) is 19.9. The van der Waals surface area contributed by atoms with Crippen LogP contribution in [0, 0.1) is 0 Å². The lowest BCUT2D eigenvalue weighted by molar-refractivity contribution is -0.161. The third-order valence-electron chi connectivity index (χ3n) is 6.91. The molecule has 0 amide bonds. The van der Waals surface area contributed by atoms with Gasteiger partial charge in [-0.15, -0.1) is 0 Å². The second-order valence-corrected chi connectivity index (χ2v) is 12.8. The first-order valence-corrected chi connectivity index (χ1v) is 19.0. The Kier molecular flexibility index (Phi) is 30.0. The number of carbonyl (C=O) groups is 2. The number of ether oxygens (including phenoxy) is 2. The molecule has 11 heteroatoms. The Bertz CT molecular complexity index is 1040. The van der Waals surface area contributed by atoms with Crippen LogP contribution in [-0.4, -0.2) is 63.5 Å². The number of phosphoric acid groups is 1. The van der Waals surface area contributed by atoms with E-state index in [1.807, 2.05) is 49.5 Å².